The Hall–Kier alpha value is -1.15. The third kappa shape index (κ3) is 3.44. The second-order valence-corrected chi connectivity index (χ2v) is 7.24. The van der Waals surface area contributed by atoms with E-state index >= 15 is 0 Å². The van der Waals surface area contributed by atoms with Crippen molar-refractivity contribution < 1.29 is 17.6 Å². The fourth-order valence-corrected chi connectivity index (χ4v) is 3.95. The van der Waals surface area contributed by atoms with Crippen LogP contribution in [-0.4, -0.2) is 22.1 Å². The van der Waals surface area contributed by atoms with Crippen molar-refractivity contribution in [1.29, 1.82) is 0 Å². The minimum Gasteiger partial charge on any atom is -0.467 e. The van der Waals surface area contributed by atoms with Crippen LogP contribution < -0.4 is 4.72 Å². The van der Waals surface area contributed by atoms with Crippen LogP contribution in [0.1, 0.15) is 16.7 Å². The molecule has 0 aliphatic heterocycles. The van der Waals surface area contributed by atoms with Gasteiger partial charge in [0.1, 0.15) is 16.1 Å². The fourth-order valence-electron chi connectivity index (χ4n) is 1.59. The lowest BCUT2D eigenvalue weighted by atomic mass is 10.3. The van der Waals surface area contributed by atoms with Crippen molar-refractivity contribution in [3.63, 3.8) is 0 Å². The van der Waals surface area contributed by atoms with E-state index in [2.05, 4.69) is 4.72 Å². The van der Waals surface area contributed by atoms with Crippen molar-refractivity contribution in [2.45, 2.75) is 17.2 Å². The molecule has 1 atom stereocenters. The van der Waals surface area contributed by atoms with Gasteiger partial charge in [0, 0.05) is 18.5 Å². The number of ether oxygens (including phenoxy) is 1. The summed E-state index contributed by atoms with van der Waals surface area (Å²) in [6, 6.07) is 6.85. The van der Waals surface area contributed by atoms with Crippen LogP contribution in [0.2, 0.25) is 0 Å². The van der Waals surface area contributed by atoms with Gasteiger partial charge in [-0.3, -0.25) is 0 Å². The Kier molecular flexibility index (Phi) is 4.41. The summed E-state index contributed by atoms with van der Waals surface area (Å²) in [4.78, 5) is 0.953. The predicted octanol–water partition coefficient (Wildman–Crippen LogP) is 2.32. The number of hydrogen-bond acceptors (Lipinski definition) is 5. The Morgan fingerprint density at radius 2 is 2.21 bits per heavy atom. The number of thiophene rings is 1. The first-order valence-electron chi connectivity index (χ1n) is 5.65. The highest BCUT2D eigenvalue weighted by molar-refractivity contribution is 7.91. The summed E-state index contributed by atoms with van der Waals surface area (Å²) in [5.74, 6) is 0.590. The molecule has 0 aromatic carbocycles. The highest BCUT2D eigenvalue weighted by atomic mass is 32.2. The van der Waals surface area contributed by atoms with Crippen LogP contribution in [0.25, 0.3) is 0 Å². The molecule has 1 N–H and O–H groups in total. The average molecular weight is 301 g/mol. The quantitative estimate of drug-likeness (QED) is 0.889. The van der Waals surface area contributed by atoms with Gasteiger partial charge in [0.2, 0.25) is 10.0 Å². The van der Waals surface area contributed by atoms with Gasteiger partial charge >= 0.3 is 0 Å². The lowest BCUT2D eigenvalue weighted by Crippen LogP contribution is -2.28. The number of aryl methyl sites for hydroxylation is 1. The summed E-state index contributed by atoms with van der Waals surface area (Å²) >= 11 is 1.24. The van der Waals surface area contributed by atoms with E-state index in [1.165, 1.54) is 24.7 Å². The Morgan fingerprint density at radius 1 is 1.42 bits per heavy atom. The molecular formula is C12H15NO4S2. The second kappa shape index (κ2) is 5.87. The smallest absolute Gasteiger partial charge is 0.250 e. The third-order valence-electron chi connectivity index (χ3n) is 2.58. The van der Waals surface area contributed by atoms with Crippen molar-refractivity contribution in [2.75, 3.05) is 13.7 Å². The van der Waals surface area contributed by atoms with Gasteiger partial charge < -0.3 is 9.15 Å². The topological polar surface area (TPSA) is 68.5 Å². The number of sulfonamides is 1. The Labute approximate surface area is 116 Å². The van der Waals surface area contributed by atoms with Crippen molar-refractivity contribution in [3.8, 4) is 0 Å². The van der Waals surface area contributed by atoms with Gasteiger partial charge in [-0.1, -0.05) is 0 Å². The van der Waals surface area contributed by atoms with E-state index in [9.17, 15) is 8.42 Å². The Balaban J connectivity index is 2.05. The summed E-state index contributed by atoms with van der Waals surface area (Å²) in [6.07, 6.45) is 1.09. The molecule has 0 radical (unpaired) electrons. The zero-order valence-electron chi connectivity index (χ0n) is 10.6. The Morgan fingerprint density at radius 3 is 2.74 bits per heavy atom. The molecule has 2 rings (SSSR count). The number of methoxy groups -OCH3 is 1. The van der Waals surface area contributed by atoms with Crippen LogP contribution in [0.4, 0.5) is 0 Å². The number of rotatable bonds is 6. The van der Waals surface area contributed by atoms with E-state index < -0.39 is 16.1 Å². The average Bonchev–Trinajstić information content (AvgIpc) is 3.01. The third-order valence-corrected chi connectivity index (χ3v) is 5.50. The van der Waals surface area contributed by atoms with Crippen LogP contribution >= 0.6 is 11.3 Å². The molecule has 5 nitrogen and oxygen atoms in total. The molecule has 19 heavy (non-hydrogen) atoms. The van der Waals surface area contributed by atoms with Crippen LogP contribution in [0, 0.1) is 6.92 Å². The molecule has 0 saturated heterocycles. The van der Waals surface area contributed by atoms with E-state index in [0.717, 1.165) is 4.88 Å². The second-order valence-electron chi connectivity index (χ2n) is 3.96. The molecule has 2 heterocycles. The largest absolute Gasteiger partial charge is 0.467 e. The van der Waals surface area contributed by atoms with Crippen LogP contribution in [0.15, 0.2) is 39.2 Å². The summed E-state index contributed by atoms with van der Waals surface area (Å²) < 4.78 is 37.3. The van der Waals surface area contributed by atoms with E-state index in [-0.39, 0.29) is 6.54 Å². The van der Waals surface area contributed by atoms with Gasteiger partial charge in [-0.2, -0.15) is 0 Å². The molecule has 2 aromatic rings. The van der Waals surface area contributed by atoms with Crippen molar-refractivity contribution in [1.82, 2.24) is 4.72 Å². The highest BCUT2D eigenvalue weighted by Crippen LogP contribution is 2.21. The van der Waals surface area contributed by atoms with Crippen molar-refractivity contribution in [3.05, 3.63) is 41.2 Å². The lowest BCUT2D eigenvalue weighted by molar-refractivity contribution is 0.0878. The molecule has 2 aromatic heterocycles. The minimum absolute atomic E-state index is 0.128. The van der Waals surface area contributed by atoms with Crippen molar-refractivity contribution >= 4 is 21.4 Å². The van der Waals surface area contributed by atoms with Gasteiger partial charge in [-0.25, -0.2) is 13.1 Å². The summed E-state index contributed by atoms with van der Waals surface area (Å²) in [5.41, 5.74) is 0. The monoisotopic (exact) mass is 301 g/mol. The maximum Gasteiger partial charge on any atom is 0.250 e. The summed E-state index contributed by atoms with van der Waals surface area (Å²) in [5, 5.41) is 0. The minimum atomic E-state index is -3.49. The molecule has 104 valence electrons. The van der Waals surface area contributed by atoms with E-state index in [1.807, 2.05) is 6.92 Å². The highest BCUT2D eigenvalue weighted by Gasteiger charge is 2.20. The van der Waals surface area contributed by atoms with Gasteiger partial charge in [0.05, 0.1) is 6.26 Å². The Bertz CT molecular complexity index is 616. The van der Waals surface area contributed by atoms with E-state index in [1.54, 1.807) is 24.3 Å². The predicted molar refractivity (Wildman–Crippen MR) is 72.7 cm³/mol. The summed E-state index contributed by atoms with van der Waals surface area (Å²) in [6.45, 7) is 1.99. The first-order valence-corrected chi connectivity index (χ1v) is 7.95. The summed E-state index contributed by atoms with van der Waals surface area (Å²) in [7, 11) is -1.98. The first kappa shape index (κ1) is 14.3. The van der Waals surface area contributed by atoms with Crippen molar-refractivity contribution in [2.24, 2.45) is 0 Å². The van der Waals surface area contributed by atoms with Crippen LogP contribution in [-0.2, 0) is 14.8 Å². The van der Waals surface area contributed by atoms with Gasteiger partial charge in [0.25, 0.3) is 0 Å². The molecule has 0 fully saturated rings. The molecule has 0 aliphatic rings. The first-order chi connectivity index (χ1) is 9.03. The fraction of sp³-hybridized carbons (Fsp3) is 0.333. The maximum atomic E-state index is 12.0. The van der Waals surface area contributed by atoms with E-state index in [4.69, 9.17) is 9.15 Å². The molecule has 0 saturated carbocycles. The SMILES string of the molecule is COC(CNS(=O)(=O)c1ccc(C)s1)c1ccco1. The molecule has 0 bridgehead atoms. The van der Waals surface area contributed by atoms with Gasteiger partial charge in [-0.15, -0.1) is 11.3 Å². The molecule has 0 amide bonds. The van der Waals surface area contributed by atoms with Crippen LogP contribution in [0.5, 0.6) is 0 Å². The van der Waals surface area contributed by atoms with Gasteiger partial charge in [-0.05, 0) is 31.2 Å². The molecule has 0 aliphatic carbocycles. The molecular weight excluding hydrogens is 286 g/mol. The maximum absolute atomic E-state index is 12.0. The van der Waals surface area contributed by atoms with Gasteiger partial charge in [0.15, 0.2) is 0 Å². The molecule has 0 spiro atoms. The normalized spacial score (nSPS) is 13.6. The number of nitrogens with one attached hydrogen (secondary N) is 1. The van der Waals surface area contributed by atoms with E-state index in [0.29, 0.717) is 9.97 Å². The lowest BCUT2D eigenvalue weighted by Gasteiger charge is -2.13. The standard InChI is InChI=1S/C12H15NO4S2/c1-9-5-6-12(18-9)19(14,15)13-8-11(16-2)10-4-3-7-17-10/h3-7,11,13H,8H2,1-2H3. The van der Waals surface area contributed by atoms with Crippen LogP contribution in [0.3, 0.4) is 0 Å². The molecule has 1 unspecified atom stereocenters. The zero-order valence-corrected chi connectivity index (χ0v) is 12.3. The zero-order chi connectivity index (χ0) is 13.9. The molecule has 7 heteroatoms. The number of hydrogen-bond donors (Lipinski definition) is 1. The number of furan rings is 1.